The van der Waals surface area contributed by atoms with Gasteiger partial charge in [0.1, 0.15) is 0 Å². The number of fused-ring (bicyclic) bond motifs is 1. The van der Waals surface area contributed by atoms with Crippen molar-refractivity contribution in [2.45, 2.75) is 45.1 Å². The van der Waals surface area contributed by atoms with Crippen LogP contribution in [0.2, 0.25) is 0 Å². The van der Waals surface area contributed by atoms with Gasteiger partial charge in [-0.15, -0.1) is 11.3 Å². The maximum atomic E-state index is 4.59. The number of aromatic nitrogens is 1. The van der Waals surface area contributed by atoms with Crippen LogP contribution in [0.1, 0.15) is 44.6 Å². The van der Waals surface area contributed by atoms with Crippen molar-refractivity contribution in [3.8, 4) is 0 Å². The molecule has 1 aliphatic carbocycles. The summed E-state index contributed by atoms with van der Waals surface area (Å²) >= 11 is 1.80. The number of thiophene rings is 1. The first-order chi connectivity index (χ1) is 9.33. The normalized spacial score (nSPS) is 26.5. The van der Waals surface area contributed by atoms with Crippen LogP contribution >= 0.6 is 11.3 Å². The summed E-state index contributed by atoms with van der Waals surface area (Å²) in [7, 11) is 0. The summed E-state index contributed by atoms with van der Waals surface area (Å²) < 4.78 is 1.33. The third-order valence-electron chi connectivity index (χ3n) is 4.42. The molecule has 3 heteroatoms. The van der Waals surface area contributed by atoms with E-state index >= 15 is 0 Å². The Kier molecular flexibility index (Phi) is 3.85. The highest BCUT2D eigenvalue weighted by molar-refractivity contribution is 7.17. The van der Waals surface area contributed by atoms with E-state index in [1.165, 1.54) is 29.5 Å². The van der Waals surface area contributed by atoms with Crippen molar-refractivity contribution in [1.82, 2.24) is 10.3 Å². The maximum Gasteiger partial charge on any atom is 0.0809 e. The molecule has 1 aliphatic rings. The van der Waals surface area contributed by atoms with Crippen molar-refractivity contribution in [1.29, 1.82) is 0 Å². The zero-order chi connectivity index (χ0) is 13.2. The summed E-state index contributed by atoms with van der Waals surface area (Å²) in [6.07, 6.45) is 5.85. The fraction of sp³-hybridized carbons (Fsp3) is 0.562. The Balaban J connectivity index is 1.75. The number of rotatable bonds is 5. The van der Waals surface area contributed by atoms with E-state index in [0.717, 1.165) is 18.0 Å². The summed E-state index contributed by atoms with van der Waals surface area (Å²) in [6, 6.07) is 5.18. The molecular formula is C16H22N2S. The SMILES string of the molecule is CCCNC1CC(c2cnc3ccsc3c2)C1CC. The molecule has 0 aromatic carbocycles. The van der Waals surface area contributed by atoms with E-state index in [0.29, 0.717) is 12.0 Å². The van der Waals surface area contributed by atoms with Gasteiger partial charge in [-0.05, 0) is 54.3 Å². The van der Waals surface area contributed by atoms with Crippen molar-refractivity contribution >= 4 is 21.6 Å². The first kappa shape index (κ1) is 13.1. The standard InChI is InChI=1S/C16H22N2S/c1-3-6-17-15-9-13(12(15)4-2)11-8-16-14(18-10-11)5-7-19-16/h5,7-8,10,12-13,15,17H,3-4,6,9H2,1-2H3. The highest BCUT2D eigenvalue weighted by atomic mass is 32.1. The Morgan fingerprint density at radius 2 is 2.32 bits per heavy atom. The minimum Gasteiger partial charge on any atom is -0.314 e. The summed E-state index contributed by atoms with van der Waals surface area (Å²) in [6.45, 7) is 5.70. The molecule has 1 fully saturated rings. The molecule has 3 atom stereocenters. The molecule has 2 nitrogen and oxygen atoms in total. The van der Waals surface area contributed by atoms with Crippen LogP contribution in [-0.4, -0.2) is 17.6 Å². The lowest BCUT2D eigenvalue weighted by molar-refractivity contribution is 0.161. The largest absolute Gasteiger partial charge is 0.314 e. The van der Waals surface area contributed by atoms with Gasteiger partial charge in [-0.3, -0.25) is 4.98 Å². The minimum atomic E-state index is 0.707. The quantitative estimate of drug-likeness (QED) is 0.885. The second-order valence-electron chi connectivity index (χ2n) is 5.55. The fourth-order valence-corrected chi connectivity index (χ4v) is 4.08. The van der Waals surface area contributed by atoms with Crippen LogP contribution in [0, 0.1) is 5.92 Å². The van der Waals surface area contributed by atoms with Crippen LogP contribution in [0.4, 0.5) is 0 Å². The molecule has 1 N–H and O–H groups in total. The van der Waals surface area contributed by atoms with Crippen molar-refractivity contribution in [2.24, 2.45) is 5.92 Å². The predicted molar refractivity (Wildman–Crippen MR) is 82.8 cm³/mol. The molecule has 2 heterocycles. The molecule has 3 unspecified atom stereocenters. The van der Waals surface area contributed by atoms with Crippen molar-refractivity contribution in [3.05, 3.63) is 29.3 Å². The topological polar surface area (TPSA) is 24.9 Å². The van der Waals surface area contributed by atoms with Gasteiger partial charge in [-0.2, -0.15) is 0 Å². The van der Waals surface area contributed by atoms with Crippen LogP contribution in [0.5, 0.6) is 0 Å². The van der Waals surface area contributed by atoms with Crippen LogP contribution in [0.25, 0.3) is 10.2 Å². The van der Waals surface area contributed by atoms with E-state index in [2.05, 4.69) is 47.9 Å². The van der Waals surface area contributed by atoms with E-state index in [1.807, 2.05) is 0 Å². The number of hydrogen-bond acceptors (Lipinski definition) is 3. The minimum absolute atomic E-state index is 0.707. The van der Waals surface area contributed by atoms with Gasteiger partial charge in [0, 0.05) is 12.2 Å². The molecule has 0 saturated heterocycles. The van der Waals surface area contributed by atoms with Crippen molar-refractivity contribution in [3.63, 3.8) is 0 Å². The molecule has 2 aromatic heterocycles. The van der Waals surface area contributed by atoms with E-state index in [1.54, 1.807) is 11.3 Å². The Morgan fingerprint density at radius 3 is 3.11 bits per heavy atom. The first-order valence-corrected chi connectivity index (χ1v) is 8.28. The van der Waals surface area contributed by atoms with Crippen molar-refractivity contribution < 1.29 is 0 Å². The summed E-state index contributed by atoms with van der Waals surface area (Å²) in [5.41, 5.74) is 2.58. The molecule has 3 rings (SSSR count). The molecule has 0 spiro atoms. The zero-order valence-electron chi connectivity index (χ0n) is 11.7. The molecule has 0 radical (unpaired) electrons. The second-order valence-corrected chi connectivity index (χ2v) is 6.50. The average molecular weight is 274 g/mol. The van der Waals surface area contributed by atoms with Gasteiger partial charge < -0.3 is 5.32 Å². The third kappa shape index (κ3) is 2.41. The number of nitrogens with one attached hydrogen (secondary N) is 1. The molecule has 19 heavy (non-hydrogen) atoms. The molecule has 0 bridgehead atoms. The molecule has 102 valence electrons. The Hall–Kier alpha value is -0.930. The Bertz CT molecular complexity index is 548. The van der Waals surface area contributed by atoms with Gasteiger partial charge in [0.2, 0.25) is 0 Å². The molecule has 0 amide bonds. The summed E-state index contributed by atoms with van der Waals surface area (Å²) in [5.74, 6) is 1.49. The van der Waals surface area contributed by atoms with Crippen LogP contribution in [0.3, 0.4) is 0 Å². The zero-order valence-corrected chi connectivity index (χ0v) is 12.5. The van der Waals surface area contributed by atoms with Gasteiger partial charge in [0.25, 0.3) is 0 Å². The van der Waals surface area contributed by atoms with Crippen LogP contribution in [-0.2, 0) is 0 Å². The lowest BCUT2D eigenvalue weighted by atomic mass is 9.65. The predicted octanol–water partition coefficient (Wildman–Crippen LogP) is 4.18. The monoisotopic (exact) mass is 274 g/mol. The van der Waals surface area contributed by atoms with Gasteiger partial charge in [0.05, 0.1) is 10.2 Å². The van der Waals surface area contributed by atoms with Gasteiger partial charge in [-0.25, -0.2) is 0 Å². The smallest absolute Gasteiger partial charge is 0.0809 e. The van der Waals surface area contributed by atoms with Crippen LogP contribution in [0.15, 0.2) is 23.7 Å². The number of pyridine rings is 1. The highest BCUT2D eigenvalue weighted by Gasteiger charge is 2.40. The van der Waals surface area contributed by atoms with E-state index in [-0.39, 0.29) is 0 Å². The lowest BCUT2D eigenvalue weighted by Gasteiger charge is -2.45. The Morgan fingerprint density at radius 1 is 1.42 bits per heavy atom. The van der Waals surface area contributed by atoms with Crippen molar-refractivity contribution in [2.75, 3.05) is 6.54 Å². The number of nitrogens with zero attached hydrogens (tertiary/aromatic N) is 1. The average Bonchev–Trinajstić information content (AvgIpc) is 2.85. The summed E-state index contributed by atoms with van der Waals surface area (Å²) in [4.78, 5) is 4.59. The fourth-order valence-electron chi connectivity index (χ4n) is 3.29. The lowest BCUT2D eigenvalue weighted by Crippen LogP contribution is -2.49. The van der Waals surface area contributed by atoms with E-state index in [4.69, 9.17) is 0 Å². The second kappa shape index (κ2) is 5.59. The van der Waals surface area contributed by atoms with E-state index in [9.17, 15) is 0 Å². The van der Waals surface area contributed by atoms with Crippen LogP contribution < -0.4 is 5.32 Å². The highest BCUT2D eigenvalue weighted by Crippen LogP contribution is 2.45. The molecular weight excluding hydrogens is 252 g/mol. The molecule has 2 aromatic rings. The van der Waals surface area contributed by atoms with Gasteiger partial charge in [-0.1, -0.05) is 20.3 Å². The van der Waals surface area contributed by atoms with Gasteiger partial charge in [0.15, 0.2) is 0 Å². The number of hydrogen-bond donors (Lipinski definition) is 1. The molecule has 0 aliphatic heterocycles. The van der Waals surface area contributed by atoms with Gasteiger partial charge >= 0.3 is 0 Å². The first-order valence-electron chi connectivity index (χ1n) is 7.40. The maximum absolute atomic E-state index is 4.59. The summed E-state index contributed by atoms with van der Waals surface area (Å²) in [5, 5.41) is 5.81. The third-order valence-corrected chi connectivity index (χ3v) is 5.27. The van der Waals surface area contributed by atoms with E-state index < -0.39 is 0 Å². The molecule has 1 saturated carbocycles. The Labute approximate surface area is 119 Å².